The molecule has 0 heterocycles. The lowest BCUT2D eigenvalue weighted by Gasteiger charge is -1.97. The second kappa shape index (κ2) is 5.21. The Hall–Kier alpha value is -1.97. The maximum atomic E-state index is 11.1. The van der Waals surface area contributed by atoms with Crippen LogP contribution in [0.5, 0.6) is 0 Å². The lowest BCUT2D eigenvalue weighted by atomic mass is 10.2. The number of aliphatic hydroxyl groups is 1. The minimum atomic E-state index is -0.309. The maximum Gasteiger partial charge on any atom is 0.183 e. The SMILES string of the molecule is CC(=O)C(N=Nc1ccc(C)cc1)=C(C)O. The number of hydrogen-bond acceptors (Lipinski definition) is 4. The molecule has 0 fully saturated rings. The molecule has 0 aliphatic heterocycles. The number of Topliss-reactive ketones (excluding diaryl/α,β-unsaturated/α-hetero) is 1. The molecule has 84 valence electrons. The number of carbonyl (C=O) groups is 1. The van der Waals surface area contributed by atoms with E-state index in [2.05, 4.69) is 10.2 Å². The first kappa shape index (κ1) is 12.1. The third kappa shape index (κ3) is 3.31. The van der Waals surface area contributed by atoms with E-state index in [0.717, 1.165) is 5.56 Å². The Balaban J connectivity index is 2.92. The Kier molecular flexibility index (Phi) is 3.94. The van der Waals surface area contributed by atoms with E-state index in [1.807, 2.05) is 19.1 Å². The van der Waals surface area contributed by atoms with Gasteiger partial charge in [0.15, 0.2) is 11.5 Å². The molecule has 0 aliphatic carbocycles. The summed E-state index contributed by atoms with van der Waals surface area (Å²) in [5, 5.41) is 16.8. The van der Waals surface area contributed by atoms with E-state index >= 15 is 0 Å². The Morgan fingerprint density at radius 2 is 1.75 bits per heavy atom. The quantitative estimate of drug-likeness (QED) is 0.479. The number of aliphatic hydroxyl groups excluding tert-OH is 1. The summed E-state index contributed by atoms with van der Waals surface area (Å²) >= 11 is 0. The number of azo groups is 1. The molecule has 0 saturated carbocycles. The van der Waals surface area contributed by atoms with E-state index in [1.165, 1.54) is 13.8 Å². The van der Waals surface area contributed by atoms with Crippen molar-refractivity contribution in [1.82, 2.24) is 0 Å². The van der Waals surface area contributed by atoms with Crippen molar-refractivity contribution >= 4 is 11.5 Å². The number of ketones is 1. The first-order valence-corrected chi connectivity index (χ1v) is 4.90. The van der Waals surface area contributed by atoms with Crippen molar-refractivity contribution in [2.75, 3.05) is 0 Å². The fourth-order valence-corrected chi connectivity index (χ4v) is 1.12. The Morgan fingerprint density at radius 3 is 2.19 bits per heavy atom. The predicted molar refractivity (Wildman–Crippen MR) is 61.7 cm³/mol. The molecule has 0 aliphatic rings. The summed E-state index contributed by atoms with van der Waals surface area (Å²) in [5.41, 5.74) is 1.76. The van der Waals surface area contributed by atoms with Gasteiger partial charge in [0.1, 0.15) is 5.76 Å². The molecule has 0 unspecified atom stereocenters. The Morgan fingerprint density at radius 1 is 1.19 bits per heavy atom. The van der Waals surface area contributed by atoms with Gasteiger partial charge in [0.05, 0.1) is 5.69 Å². The topological polar surface area (TPSA) is 62.0 Å². The van der Waals surface area contributed by atoms with Crippen LogP contribution in [0.25, 0.3) is 0 Å². The first-order chi connectivity index (χ1) is 7.50. The van der Waals surface area contributed by atoms with Crippen LogP contribution in [0, 0.1) is 6.92 Å². The zero-order valence-corrected chi connectivity index (χ0v) is 9.56. The van der Waals surface area contributed by atoms with Crippen molar-refractivity contribution < 1.29 is 9.90 Å². The third-order valence-electron chi connectivity index (χ3n) is 1.98. The summed E-state index contributed by atoms with van der Waals surface area (Å²) in [6.07, 6.45) is 0. The molecule has 0 atom stereocenters. The van der Waals surface area contributed by atoms with Crippen molar-refractivity contribution in [3.63, 3.8) is 0 Å². The summed E-state index contributed by atoms with van der Waals surface area (Å²) in [4.78, 5) is 11.1. The number of allylic oxidation sites excluding steroid dienone is 2. The molecule has 16 heavy (non-hydrogen) atoms. The highest BCUT2D eigenvalue weighted by Gasteiger charge is 2.06. The van der Waals surface area contributed by atoms with Gasteiger partial charge in [-0.15, -0.1) is 5.11 Å². The molecule has 0 aromatic heterocycles. The van der Waals surface area contributed by atoms with E-state index in [1.54, 1.807) is 12.1 Å². The highest BCUT2D eigenvalue weighted by Crippen LogP contribution is 2.15. The Bertz CT molecular complexity index is 441. The molecule has 0 saturated heterocycles. The first-order valence-electron chi connectivity index (χ1n) is 4.90. The molecular formula is C12H14N2O2. The monoisotopic (exact) mass is 218 g/mol. The predicted octanol–water partition coefficient (Wildman–Crippen LogP) is 3.46. The van der Waals surface area contributed by atoms with Gasteiger partial charge in [-0.05, 0) is 26.0 Å². The van der Waals surface area contributed by atoms with E-state index in [-0.39, 0.29) is 17.2 Å². The van der Waals surface area contributed by atoms with Gasteiger partial charge < -0.3 is 5.11 Å². The summed E-state index contributed by atoms with van der Waals surface area (Å²) < 4.78 is 0. The normalized spacial score (nSPS) is 12.7. The highest BCUT2D eigenvalue weighted by molar-refractivity contribution is 5.93. The minimum absolute atomic E-state index is 0.0134. The van der Waals surface area contributed by atoms with Crippen molar-refractivity contribution in [2.45, 2.75) is 20.8 Å². The van der Waals surface area contributed by atoms with Crippen LogP contribution >= 0.6 is 0 Å². The molecule has 1 aromatic carbocycles. The smallest absolute Gasteiger partial charge is 0.183 e. The van der Waals surface area contributed by atoms with E-state index in [0.29, 0.717) is 5.69 Å². The van der Waals surface area contributed by atoms with Gasteiger partial charge in [0.2, 0.25) is 0 Å². The summed E-state index contributed by atoms with van der Waals surface area (Å²) in [5.74, 6) is -0.431. The van der Waals surface area contributed by atoms with Crippen LogP contribution in [0.4, 0.5) is 5.69 Å². The van der Waals surface area contributed by atoms with E-state index < -0.39 is 0 Å². The summed E-state index contributed by atoms with van der Waals surface area (Å²) in [6, 6.07) is 7.39. The maximum absolute atomic E-state index is 11.1. The van der Waals surface area contributed by atoms with Crippen molar-refractivity contribution in [3.05, 3.63) is 41.3 Å². The van der Waals surface area contributed by atoms with Crippen molar-refractivity contribution in [3.8, 4) is 0 Å². The molecule has 0 spiro atoms. The van der Waals surface area contributed by atoms with Crippen LogP contribution in [0.3, 0.4) is 0 Å². The van der Waals surface area contributed by atoms with Crippen LogP contribution in [-0.4, -0.2) is 10.9 Å². The molecular weight excluding hydrogens is 204 g/mol. The average molecular weight is 218 g/mol. The van der Waals surface area contributed by atoms with Crippen molar-refractivity contribution in [2.24, 2.45) is 10.2 Å². The molecule has 1 rings (SSSR count). The molecule has 1 aromatic rings. The summed E-state index contributed by atoms with van der Waals surface area (Å²) in [7, 11) is 0. The highest BCUT2D eigenvalue weighted by atomic mass is 16.3. The van der Waals surface area contributed by atoms with E-state index in [4.69, 9.17) is 0 Å². The van der Waals surface area contributed by atoms with Gasteiger partial charge in [0.25, 0.3) is 0 Å². The zero-order valence-electron chi connectivity index (χ0n) is 9.56. The third-order valence-corrected chi connectivity index (χ3v) is 1.98. The number of nitrogens with zero attached hydrogens (tertiary/aromatic N) is 2. The van der Waals surface area contributed by atoms with Gasteiger partial charge in [-0.3, -0.25) is 4.79 Å². The molecule has 4 nitrogen and oxygen atoms in total. The van der Waals surface area contributed by atoms with Gasteiger partial charge in [-0.2, -0.15) is 5.11 Å². The lowest BCUT2D eigenvalue weighted by Crippen LogP contribution is -1.96. The van der Waals surface area contributed by atoms with Crippen molar-refractivity contribution in [1.29, 1.82) is 0 Å². The fourth-order valence-electron chi connectivity index (χ4n) is 1.12. The molecule has 1 N–H and O–H groups in total. The number of hydrogen-bond donors (Lipinski definition) is 1. The van der Waals surface area contributed by atoms with Gasteiger partial charge in [-0.1, -0.05) is 17.7 Å². The van der Waals surface area contributed by atoms with E-state index in [9.17, 15) is 9.90 Å². The molecule has 0 bridgehead atoms. The zero-order chi connectivity index (χ0) is 12.1. The minimum Gasteiger partial charge on any atom is -0.510 e. The van der Waals surface area contributed by atoms with Crippen LogP contribution in [0.1, 0.15) is 19.4 Å². The summed E-state index contributed by atoms with van der Waals surface area (Å²) in [6.45, 7) is 4.72. The number of benzene rings is 1. The van der Waals surface area contributed by atoms with Crippen LogP contribution in [0.15, 0.2) is 46.0 Å². The average Bonchev–Trinajstić information content (AvgIpc) is 2.20. The molecule has 0 radical (unpaired) electrons. The lowest BCUT2D eigenvalue weighted by molar-refractivity contribution is -0.113. The molecule has 4 heteroatoms. The number of carbonyl (C=O) groups excluding carboxylic acids is 1. The largest absolute Gasteiger partial charge is 0.510 e. The van der Waals surface area contributed by atoms with Gasteiger partial charge in [-0.25, -0.2) is 0 Å². The second-order valence-corrected chi connectivity index (χ2v) is 3.53. The number of rotatable bonds is 3. The van der Waals surface area contributed by atoms with Crippen LogP contribution in [0.2, 0.25) is 0 Å². The second-order valence-electron chi connectivity index (χ2n) is 3.53. The molecule has 0 amide bonds. The standard InChI is InChI=1S/C12H14N2O2/c1-8-4-6-11(7-5-8)13-14-12(9(2)15)10(3)16/h4-7,15H,1-3H3. The fraction of sp³-hybridized carbons (Fsp3) is 0.250. The Labute approximate surface area is 94.3 Å². The van der Waals surface area contributed by atoms with Crippen LogP contribution < -0.4 is 0 Å². The van der Waals surface area contributed by atoms with Crippen LogP contribution in [-0.2, 0) is 4.79 Å². The number of aryl methyl sites for hydroxylation is 1. The van der Waals surface area contributed by atoms with Gasteiger partial charge >= 0.3 is 0 Å². The van der Waals surface area contributed by atoms with Gasteiger partial charge in [0, 0.05) is 6.92 Å².